The first-order valence-electron chi connectivity index (χ1n) is 12.1. The SMILES string of the molecule is O=C(Cc1ccccc1)Nc1c(C(=O)N2CCC(N3CCCCC3)CC2)oc2ccccc12. The molecule has 0 saturated carbocycles. The fourth-order valence-corrected chi connectivity index (χ4v) is 5.15. The van der Waals surface area contributed by atoms with Crippen molar-refractivity contribution in [3.8, 4) is 0 Å². The number of carbonyl (C=O) groups is 2. The predicted molar refractivity (Wildman–Crippen MR) is 129 cm³/mol. The number of likely N-dealkylation sites (tertiary alicyclic amines) is 2. The predicted octanol–water partition coefficient (Wildman–Crippen LogP) is 4.70. The largest absolute Gasteiger partial charge is 0.449 e. The first-order chi connectivity index (χ1) is 16.2. The van der Waals surface area contributed by atoms with Gasteiger partial charge in [0.1, 0.15) is 11.3 Å². The third-order valence-electron chi connectivity index (χ3n) is 6.92. The fraction of sp³-hybridized carbons (Fsp3) is 0.407. The van der Waals surface area contributed by atoms with Gasteiger partial charge in [0.05, 0.1) is 6.42 Å². The van der Waals surface area contributed by atoms with Crippen molar-refractivity contribution in [1.82, 2.24) is 9.80 Å². The number of furan rings is 1. The Hall–Kier alpha value is -3.12. The molecule has 3 aromatic rings. The average Bonchev–Trinajstić information content (AvgIpc) is 3.23. The summed E-state index contributed by atoms with van der Waals surface area (Å²) in [6.45, 7) is 3.79. The number of nitrogens with zero attached hydrogens (tertiary/aromatic N) is 2. The summed E-state index contributed by atoms with van der Waals surface area (Å²) in [6.07, 6.45) is 6.12. The van der Waals surface area contributed by atoms with E-state index in [0.717, 1.165) is 23.8 Å². The maximum atomic E-state index is 13.5. The minimum absolute atomic E-state index is 0.140. The van der Waals surface area contributed by atoms with E-state index in [4.69, 9.17) is 4.42 Å². The highest BCUT2D eigenvalue weighted by Crippen LogP contribution is 2.33. The highest BCUT2D eigenvalue weighted by atomic mass is 16.3. The molecule has 1 aromatic heterocycles. The Bertz CT molecular complexity index is 1110. The summed E-state index contributed by atoms with van der Waals surface area (Å²) in [4.78, 5) is 30.8. The number of nitrogens with one attached hydrogen (secondary N) is 1. The van der Waals surface area contributed by atoms with Crippen molar-refractivity contribution in [1.29, 1.82) is 0 Å². The van der Waals surface area contributed by atoms with Crippen LogP contribution in [0.5, 0.6) is 0 Å². The quantitative estimate of drug-likeness (QED) is 0.618. The molecule has 0 atom stereocenters. The van der Waals surface area contributed by atoms with E-state index < -0.39 is 0 Å². The van der Waals surface area contributed by atoms with Gasteiger partial charge in [-0.3, -0.25) is 9.59 Å². The topological polar surface area (TPSA) is 65.8 Å². The van der Waals surface area contributed by atoms with E-state index in [1.807, 2.05) is 59.5 Å². The van der Waals surface area contributed by atoms with Gasteiger partial charge in [0.15, 0.2) is 0 Å². The molecule has 33 heavy (non-hydrogen) atoms. The van der Waals surface area contributed by atoms with Gasteiger partial charge in [-0.05, 0) is 56.5 Å². The third-order valence-corrected chi connectivity index (χ3v) is 6.92. The van der Waals surface area contributed by atoms with Gasteiger partial charge in [-0.15, -0.1) is 0 Å². The molecule has 1 N–H and O–H groups in total. The van der Waals surface area contributed by atoms with E-state index in [-0.39, 0.29) is 24.0 Å². The first kappa shape index (κ1) is 21.7. The molecule has 172 valence electrons. The van der Waals surface area contributed by atoms with Crippen LogP contribution in [-0.4, -0.2) is 53.8 Å². The highest BCUT2D eigenvalue weighted by molar-refractivity contribution is 6.11. The molecule has 3 heterocycles. The second-order valence-electron chi connectivity index (χ2n) is 9.13. The van der Waals surface area contributed by atoms with Crippen LogP contribution in [0, 0.1) is 0 Å². The summed E-state index contributed by atoms with van der Waals surface area (Å²) >= 11 is 0. The van der Waals surface area contributed by atoms with E-state index in [9.17, 15) is 9.59 Å². The summed E-state index contributed by atoms with van der Waals surface area (Å²) in [5, 5.41) is 3.73. The standard InChI is InChI=1S/C27H31N3O3/c31-24(19-20-9-3-1-4-10-20)28-25-22-11-5-6-12-23(22)33-26(25)27(32)30-17-13-21(14-18-30)29-15-7-2-8-16-29/h1,3-6,9-12,21H,2,7-8,13-19H2,(H,28,31). The second kappa shape index (κ2) is 9.79. The minimum atomic E-state index is -0.161. The van der Waals surface area contributed by atoms with Crippen molar-refractivity contribution in [3.63, 3.8) is 0 Å². The zero-order valence-corrected chi connectivity index (χ0v) is 19.0. The van der Waals surface area contributed by atoms with Crippen molar-refractivity contribution in [2.45, 2.75) is 44.6 Å². The molecule has 0 unspecified atom stereocenters. The molecule has 0 spiro atoms. The van der Waals surface area contributed by atoms with Crippen LogP contribution in [0.3, 0.4) is 0 Å². The number of amides is 2. The van der Waals surface area contributed by atoms with Crippen LogP contribution in [0.1, 0.15) is 48.2 Å². The van der Waals surface area contributed by atoms with E-state index >= 15 is 0 Å². The van der Waals surface area contributed by atoms with Crippen molar-refractivity contribution in [2.75, 3.05) is 31.5 Å². The molecule has 0 aliphatic carbocycles. The zero-order valence-electron chi connectivity index (χ0n) is 19.0. The van der Waals surface area contributed by atoms with Crippen LogP contribution in [0.4, 0.5) is 5.69 Å². The fourth-order valence-electron chi connectivity index (χ4n) is 5.15. The van der Waals surface area contributed by atoms with Crippen LogP contribution < -0.4 is 5.32 Å². The zero-order chi connectivity index (χ0) is 22.6. The lowest BCUT2D eigenvalue weighted by atomic mass is 9.99. The molecule has 0 radical (unpaired) electrons. The normalized spacial score (nSPS) is 17.9. The summed E-state index contributed by atoms with van der Waals surface area (Å²) in [5.74, 6) is -0.0713. The average molecular weight is 446 g/mol. The highest BCUT2D eigenvalue weighted by Gasteiger charge is 2.31. The van der Waals surface area contributed by atoms with Crippen molar-refractivity contribution in [3.05, 3.63) is 65.9 Å². The van der Waals surface area contributed by atoms with E-state index in [0.29, 0.717) is 30.4 Å². The van der Waals surface area contributed by atoms with Gasteiger partial charge in [0.25, 0.3) is 5.91 Å². The maximum absolute atomic E-state index is 13.5. The van der Waals surface area contributed by atoms with Gasteiger partial charge in [-0.1, -0.05) is 48.9 Å². The van der Waals surface area contributed by atoms with Crippen LogP contribution >= 0.6 is 0 Å². The Morgan fingerprint density at radius 3 is 2.33 bits per heavy atom. The van der Waals surface area contributed by atoms with Gasteiger partial charge in [0, 0.05) is 24.5 Å². The van der Waals surface area contributed by atoms with Crippen LogP contribution in [0.15, 0.2) is 59.0 Å². The molecular formula is C27H31N3O3. The summed E-state index contributed by atoms with van der Waals surface area (Å²) in [6, 6.07) is 17.7. The Morgan fingerprint density at radius 2 is 1.58 bits per heavy atom. The first-order valence-corrected chi connectivity index (χ1v) is 12.1. The van der Waals surface area contributed by atoms with Gasteiger partial charge in [-0.25, -0.2) is 0 Å². The third kappa shape index (κ3) is 4.81. The lowest BCUT2D eigenvalue weighted by Crippen LogP contribution is -2.48. The van der Waals surface area contributed by atoms with Crippen molar-refractivity contribution in [2.24, 2.45) is 0 Å². The Balaban J connectivity index is 1.32. The number of piperidine rings is 2. The number of anilines is 1. The van der Waals surface area contributed by atoms with Gasteiger partial charge in [-0.2, -0.15) is 0 Å². The van der Waals surface area contributed by atoms with E-state index in [2.05, 4.69) is 10.2 Å². The molecule has 2 saturated heterocycles. The molecule has 0 bridgehead atoms. The number of hydrogen-bond donors (Lipinski definition) is 1. The van der Waals surface area contributed by atoms with E-state index in [1.165, 1.54) is 32.4 Å². The molecule has 6 nitrogen and oxygen atoms in total. The Labute approximate surface area is 194 Å². The smallest absolute Gasteiger partial charge is 0.291 e. The van der Waals surface area contributed by atoms with Crippen molar-refractivity contribution >= 4 is 28.5 Å². The molecule has 5 rings (SSSR count). The number of benzene rings is 2. The molecule has 6 heteroatoms. The summed E-state index contributed by atoms with van der Waals surface area (Å²) < 4.78 is 5.99. The number of carbonyl (C=O) groups excluding carboxylic acids is 2. The molecular weight excluding hydrogens is 414 g/mol. The number of rotatable bonds is 5. The van der Waals surface area contributed by atoms with Crippen LogP contribution in [0.25, 0.3) is 11.0 Å². The Kier molecular flexibility index (Phi) is 6.44. The van der Waals surface area contributed by atoms with E-state index in [1.54, 1.807) is 0 Å². The second-order valence-corrected chi connectivity index (χ2v) is 9.13. The van der Waals surface area contributed by atoms with Gasteiger partial charge in [0.2, 0.25) is 11.7 Å². The molecule has 2 aliphatic heterocycles. The number of hydrogen-bond acceptors (Lipinski definition) is 4. The molecule has 2 aromatic carbocycles. The Morgan fingerprint density at radius 1 is 0.879 bits per heavy atom. The molecule has 2 fully saturated rings. The van der Waals surface area contributed by atoms with Gasteiger partial charge < -0.3 is 19.5 Å². The monoisotopic (exact) mass is 445 g/mol. The van der Waals surface area contributed by atoms with Crippen LogP contribution in [0.2, 0.25) is 0 Å². The van der Waals surface area contributed by atoms with Crippen molar-refractivity contribution < 1.29 is 14.0 Å². The number of para-hydroxylation sites is 1. The van der Waals surface area contributed by atoms with Crippen LogP contribution in [-0.2, 0) is 11.2 Å². The van der Waals surface area contributed by atoms with Gasteiger partial charge >= 0.3 is 0 Å². The molecule has 2 amide bonds. The number of fused-ring (bicyclic) bond motifs is 1. The summed E-state index contributed by atoms with van der Waals surface area (Å²) in [5.41, 5.74) is 2.02. The maximum Gasteiger partial charge on any atom is 0.291 e. The molecule has 2 aliphatic rings. The minimum Gasteiger partial charge on any atom is -0.449 e. The summed E-state index contributed by atoms with van der Waals surface area (Å²) in [7, 11) is 0. The lowest BCUT2D eigenvalue weighted by Gasteiger charge is -2.40. The lowest BCUT2D eigenvalue weighted by molar-refractivity contribution is -0.115.